The Balaban J connectivity index is 3.07. The van der Waals surface area contributed by atoms with Crippen molar-refractivity contribution >= 4 is 18.0 Å². The molecule has 0 atom stereocenters. The molecule has 2 heteroatoms. The molecule has 0 saturated heterocycles. The lowest BCUT2D eigenvalue weighted by Gasteiger charge is -2.37. The van der Waals surface area contributed by atoms with Gasteiger partial charge in [0.2, 0.25) is 0 Å². The zero-order valence-corrected chi connectivity index (χ0v) is 13.1. The van der Waals surface area contributed by atoms with Gasteiger partial charge in [-0.3, -0.25) is 0 Å². The molecular weight excluding hydrogens is 240 g/mol. The summed E-state index contributed by atoms with van der Waals surface area (Å²) in [5.74, 6) is 0. The van der Waals surface area contributed by atoms with E-state index in [1.54, 1.807) is 11.8 Å². The molecule has 0 amide bonds. The van der Waals surface area contributed by atoms with E-state index in [1.807, 2.05) is 13.8 Å². The average Bonchev–Trinajstić information content (AvgIpc) is 2.30. The molecule has 0 radical (unpaired) electrons. The second-order valence-corrected chi connectivity index (χ2v) is 7.58. The predicted molar refractivity (Wildman–Crippen MR) is 80.3 cm³/mol. The van der Waals surface area contributed by atoms with Gasteiger partial charge in [-0.1, -0.05) is 38.5 Å². The van der Waals surface area contributed by atoms with Crippen LogP contribution >= 0.6 is 11.8 Å². The molecule has 0 N–H and O–H groups in total. The molecule has 0 aliphatic heterocycles. The van der Waals surface area contributed by atoms with E-state index in [-0.39, 0.29) is 10.2 Å². The summed E-state index contributed by atoms with van der Waals surface area (Å²) >= 11 is 1.81. The molecule has 1 aromatic carbocycles. The highest BCUT2D eigenvalue weighted by molar-refractivity contribution is 8.00. The molecule has 0 saturated carbocycles. The molecule has 0 aromatic heterocycles. The Bertz CT molecular complexity index is 433. The van der Waals surface area contributed by atoms with E-state index in [0.717, 1.165) is 12.7 Å². The lowest BCUT2D eigenvalue weighted by atomic mass is 9.82. The van der Waals surface area contributed by atoms with Gasteiger partial charge < -0.3 is 4.79 Å². The molecule has 0 fully saturated rings. The topological polar surface area (TPSA) is 17.1 Å². The third-order valence-corrected chi connectivity index (χ3v) is 5.46. The van der Waals surface area contributed by atoms with Crippen molar-refractivity contribution in [3.8, 4) is 0 Å². The maximum Gasteiger partial charge on any atom is 0.126 e. The van der Waals surface area contributed by atoms with E-state index >= 15 is 0 Å². The molecule has 0 unspecified atom stereocenters. The number of hydrogen-bond donors (Lipinski definition) is 0. The van der Waals surface area contributed by atoms with Crippen LogP contribution in [0.25, 0.3) is 0 Å². The number of thioether (sulfide) groups is 1. The minimum absolute atomic E-state index is 0.117. The number of aryl methyl sites for hydroxylation is 2. The maximum atomic E-state index is 11.3. The fraction of sp³-hybridized carbons (Fsp3) is 0.562. The van der Waals surface area contributed by atoms with E-state index < -0.39 is 0 Å². The number of hydrogen-bond acceptors (Lipinski definition) is 2. The molecule has 0 aliphatic carbocycles. The van der Waals surface area contributed by atoms with Crippen LogP contribution in [-0.2, 0) is 11.2 Å². The van der Waals surface area contributed by atoms with Gasteiger partial charge in [-0.05, 0) is 38.8 Å². The minimum Gasteiger partial charge on any atom is -0.303 e. The van der Waals surface area contributed by atoms with Gasteiger partial charge in [0.05, 0.1) is 0 Å². The van der Waals surface area contributed by atoms with Gasteiger partial charge >= 0.3 is 0 Å². The van der Waals surface area contributed by atoms with Crippen molar-refractivity contribution < 1.29 is 4.79 Å². The molecule has 1 rings (SSSR count). The third-order valence-electron chi connectivity index (χ3n) is 3.81. The molecule has 100 valence electrons. The van der Waals surface area contributed by atoms with Crippen LogP contribution in [0.3, 0.4) is 0 Å². The maximum absolute atomic E-state index is 11.3. The Labute approximate surface area is 115 Å². The van der Waals surface area contributed by atoms with E-state index in [4.69, 9.17) is 0 Å². The first-order chi connectivity index (χ1) is 8.23. The van der Waals surface area contributed by atoms with Crippen molar-refractivity contribution in [1.29, 1.82) is 0 Å². The van der Waals surface area contributed by atoms with E-state index in [0.29, 0.717) is 0 Å². The normalized spacial score (nSPS) is 12.6. The van der Waals surface area contributed by atoms with Gasteiger partial charge in [-0.2, -0.15) is 0 Å². The van der Waals surface area contributed by atoms with Gasteiger partial charge in [0.1, 0.15) is 6.29 Å². The third kappa shape index (κ3) is 3.17. The quantitative estimate of drug-likeness (QED) is 0.568. The van der Waals surface area contributed by atoms with Crippen molar-refractivity contribution in [3.63, 3.8) is 0 Å². The first kappa shape index (κ1) is 15.3. The average molecular weight is 264 g/mol. The Morgan fingerprint density at radius 1 is 1.22 bits per heavy atom. The van der Waals surface area contributed by atoms with Gasteiger partial charge in [0.15, 0.2) is 0 Å². The Morgan fingerprint density at radius 2 is 1.83 bits per heavy atom. The van der Waals surface area contributed by atoms with E-state index in [1.165, 1.54) is 16.0 Å². The highest BCUT2D eigenvalue weighted by atomic mass is 32.2. The van der Waals surface area contributed by atoms with Crippen LogP contribution in [0, 0.1) is 12.3 Å². The highest BCUT2D eigenvalue weighted by Crippen LogP contribution is 2.45. The zero-order valence-electron chi connectivity index (χ0n) is 12.3. The van der Waals surface area contributed by atoms with Gasteiger partial charge in [-0.15, -0.1) is 11.8 Å². The molecule has 0 bridgehead atoms. The second-order valence-electron chi connectivity index (χ2n) is 5.92. The first-order valence-electron chi connectivity index (χ1n) is 6.48. The molecule has 1 nitrogen and oxygen atoms in total. The summed E-state index contributed by atoms with van der Waals surface area (Å²) in [6, 6.07) is 6.57. The van der Waals surface area contributed by atoms with Crippen molar-refractivity contribution in [2.45, 2.75) is 57.6 Å². The van der Waals surface area contributed by atoms with E-state index in [2.05, 4.69) is 45.9 Å². The lowest BCUT2D eigenvalue weighted by molar-refractivity contribution is -0.115. The fourth-order valence-corrected chi connectivity index (χ4v) is 2.96. The Kier molecular flexibility index (Phi) is 4.66. The molecular formula is C16H24OS. The molecule has 18 heavy (non-hydrogen) atoms. The SMILES string of the molecule is CCc1cc(C)ccc1SC(C)(C)C(C)(C)C=O. The van der Waals surface area contributed by atoms with Crippen molar-refractivity contribution in [1.82, 2.24) is 0 Å². The summed E-state index contributed by atoms with van der Waals surface area (Å²) in [6.45, 7) is 12.6. The highest BCUT2D eigenvalue weighted by Gasteiger charge is 2.38. The number of benzene rings is 1. The molecule has 0 aliphatic rings. The van der Waals surface area contributed by atoms with Crippen LogP contribution in [0.15, 0.2) is 23.1 Å². The van der Waals surface area contributed by atoms with Gasteiger partial charge in [0.25, 0.3) is 0 Å². The largest absolute Gasteiger partial charge is 0.303 e. The van der Waals surface area contributed by atoms with Crippen LogP contribution in [0.2, 0.25) is 0 Å². The lowest BCUT2D eigenvalue weighted by Crippen LogP contribution is -2.37. The minimum atomic E-state index is -0.340. The number of aldehydes is 1. The standard InChI is InChI=1S/C16H24OS/c1-7-13-10-12(2)8-9-14(13)18-16(5,6)15(3,4)11-17/h8-11H,7H2,1-6H3. The first-order valence-corrected chi connectivity index (χ1v) is 7.30. The van der Waals surface area contributed by atoms with Crippen LogP contribution in [0.1, 0.15) is 45.7 Å². The van der Waals surface area contributed by atoms with Crippen LogP contribution in [0.5, 0.6) is 0 Å². The monoisotopic (exact) mass is 264 g/mol. The summed E-state index contributed by atoms with van der Waals surface area (Å²) < 4.78 is -0.117. The van der Waals surface area contributed by atoms with Crippen LogP contribution < -0.4 is 0 Å². The number of rotatable bonds is 5. The van der Waals surface area contributed by atoms with E-state index in [9.17, 15) is 4.79 Å². The Hall–Kier alpha value is -0.760. The van der Waals surface area contributed by atoms with Gasteiger partial charge in [-0.25, -0.2) is 0 Å². The van der Waals surface area contributed by atoms with Crippen molar-refractivity contribution in [3.05, 3.63) is 29.3 Å². The van der Waals surface area contributed by atoms with Crippen LogP contribution in [-0.4, -0.2) is 11.0 Å². The summed E-state index contributed by atoms with van der Waals surface area (Å²) in [5, 5.41) is 0. The smallest absolute Gasteiger partial charge is 0.126 e. The second kappa shape index (κ2) is 5.48. The fourth-order valence-electron chi connectivity index (χ4n) is 1.63. The van der Waals surface area contributed by atoms with Crippen molar-refractivity contribution in [2.24, 2.45) is 5.41 Å². The summed E-state index contributed by atoms with van der Waals surface area (Å²) in [5.41, 5.74) is 2.33. The predicted octanol–water partition coefficient (Wildman–Crippen LogP) is 4.65. The van der Waals surface area contributed by atoms with Gasteiger partial charge in [0, 0.05) is 15.1 Å². The molecule has 1 aromatic rings. The zero-order chi connectivity index (χ0) is 14.0. The summed E-state index contributed by atoms with van der Waals surface area (Å²) in [7, 11) is 0. The molecule has 0 heterocycles. The van der Waals surface area contributed by atoms with Crippen molar-refractivity contribution in [2.75, 3.05) is 0 Å². The number of carbonyl (C=O) groups is 1. The summed E-state index contributed by atoms with van der Waals surface area (Å²) in [4.78, 5) is 12.6. The van der Waals surface area contributed by atoms with Crippen LogP contribution in [0.4, 0.5) is 0 Å². The summed E-state index contributed by atoms with van der Waals surface area (Å²) in [6.07, 6.45) is 2.10. The Morgan fingerprint density at radius 3 is 2.33 bits per heavy atom. The number of carbonyl (C=O) groups excluding carboxylic acids is 1. The molecule has 0 spiro atoms.